The number of hydrogen-bond donors (Lipinski definition) is 0. The van der Waals surface area contributed by atoms with Crippen molar-refractivity contribution in [2.75, 3.05) is 11.5 Å². The van der Waals surface area contributed by atoms with Crippen LogP contribution in [0.4, 0.5) is 5.69 Å². The third kappa shape index (κ3) is 4.24. The van der Waals surface area contributed by atoms with E-state index in [0.29, 0.717) is 12.3 Å². The number of anilines is 1. The highest BCUT2D eigenvalue weighted by molar-refractivity contribution is 7.09. The summed E-state index contributed by atoms with van der Waals surface area (Å²) in [7, 11) is 0. The summed E-state index contributed by atoms with van der Waals surface area (Å²) in [6, 6.07) is 21.4. The molecule has 122 valence electrons. The number of rotatable bonds is 6. The Morgan fingerprint density at radius 2 is 1.75 bits per heavy atom. The summed E-state index contributed by atoms with van der Waals surface area (Å²) in [6.07, 6.45) is 0. The summed E-state index contributed by atoms with van der Waals surface area (Å²) in [6.45, 7) is 2.61. The van der Waals surface area contributed by atoms with Crippen LogP contribution < -0.4 is 9.64 Å². The molecule has 4 heteroatoms. The predicted molar refractivity (Wildman–Crippen MR) is 98.6 cm³/mol. The quantitative estimate of drug-likeness (QED) is 0.654. The van der Waals surface area contributed by atoms with Crippen molar-refractivity contribution in [1.29, 1.82) is 0 Å². The minimum absolute atomic E-state index is 0.0171. The van der Waals surface area contributed by atoms with Gasteiger partial charge in [-0.15, -0.1) is 11.3 Å². The van der Waals surface area contributed by atoms with Crippen LogP contribution in [0.15, 0.2) is 72.1 Å². The molecule has 0 N–H and O–H groups in total. The Morgan fingerprint density at radius 1 is 1.00 bits per heavy atom. The number of para-hydroxylation sites is 1. The van der Waals surface area contributed by atoms with Crippen LogP contribution in [0.1, 0.15) is 10.4 Å². The Balaban J connectivity index is 1.75. The van der Waals surface area contributed by atoms with Crippen molar-refractivity contribution >= 4 is 22.9 Å². The maximum absolute atomic E-state index is 12.7. The average molecular weight is 337 g/mol. The number of benzene rings is 2. The molecule has 1 aromatic heterocycles. The van der Waals surface area contributed by atoms with Gasteiger partial charge >= 0.3 is 0 Å². The normalized spacial score (nSPS) is 10.4. The van der Waals surface area contributed by atoms with E-state index in [4.69, 9.17) is 4.74 Å². The van der Waals surface area contributed by atoms with Crippen molar-refractivity contribution in [3.05, 3.63) is 82.6 Å². The molecule has 1 amide bonds. The molecule has 2 aromatic carbocycles. The fourth-order valence-electron chi connectivity index (χ4n) is 2.35. The lowest BCUT2D eigenvalue weighted by Crippen LogP contribution is -2.34. The van der Waals surface area contributed by atoms with Crippen LogP contribution in [-0.2, 0) is 11.3 Å². The Hall–Kier alpha value is -2.59. The van der Waals surface area contributed by atoms with E-state index in [1.54, 1.807) is 16.2 Å². The summed E-state index contributed by atoms with van der Waals surface area (Å²) in [5.74, 6) is 0.641. The van der Waals surface area contributed by atoms with Gasteiger partial charge in [0.25, 0.3) is 5.91 Å². The summed E-state index contributed by atoms with van der Waals surface area (Å²) >= 11 is 1.65. The maximum atomic E-state index is 12.7. The van der Waals surface area contributed by atoms with E-state index in [-0.39, 0.29) is 12.5 Å². The smallest absolute Gasteiger partial charge is 0.265 e. The van der Waals surface area contributed by atoms with Gasteiger partial charge in [-0.2, -0.15) is 0 Å². The highest BCUT2D eigenvalue weighted by Crippen LogP contribution is 2.21. The third-order valence-corrected chi connectivity index (χ3v) is 4.51. The van der Waals surface area contributed by atoms with Crippen LogP contribution in [0.25, 0.3) is 0 Å². The molecule has 0 aliphatic rings. The van der Waals surface area contributed by atoms with E-state index < -0.39 is 0 Å². The topological polar surface area (TPSA) is 29.5 Å². The van der Waals surface area contributed by atoms with Gasteiger partial charge < -0.3 is 9.64 Å². The number of ether oxygens (including phenoxy) is 1. The van der Waals surface area contributed by atoms with Crippen molar-refractivity contribution in [2.24, 2.45) is 0 Å². The second-order valence-electron chi connectivity index (χ2n) is 5.50. The Labute approximate surface area is 146 Å². The zero-order chi connectivity index (χ0) is 16.8. The second kappa shape index (κ2) is 7.79. The van der Waals surface area contributed by atoms with Crippen LogP contribution in [-0.4, -0.2) is 12.5 Å². The van der Waals surface area contributed by atoms with E-state index >= 15 is 0 Å². The van der Waals surface area contributed by atoms with Gasteiger partial charge in [-0.1, -0.05) is 42.0 Å². The second-order valence-corrected chi connectivity index (χ2v) is 6.53. The zero-order valence-corrected chi connectivity index (χ0v) is 14.3. The van der Waals surface area contributed by atoms with Gasteiger partial charge in [-0.25, -0.2) is 0 Å². The maximum Gasteiger partial charge on any atom is 0.265 e. The van der Waals surface area contributed by atoms with Gasteiger partial charge in [0.05, 0.1) is 6.54 Å². The first-order valence-corrected chi connectivity index (χ1v) is 8.67. The number of amides is 1. The minimum atomic E-state index is -0.0592. The molecule has 0 aliphatic carbocycles. The lowest BCUT2D eigenvalue weighted by atomic mass is 10.2. The molecule has 0 spiro atoms. The lowest BCUT2D eigenvalue weighted by molar-refractivity contribution is -0.120. The number of thiophene rings is 1. The van der Waals surface area contributed by atoms with Gasteiger partial charge in [0, 0.05) is 10.6 Å². The summed E-state index contributed by atoms with van der Waals surface area (Å²) in [5.41, 5.74) is 2.05. The van der Waals surface area contributed by atoms with Crippen LogP contribution in [0.3, 0.4) is 0 Å². The van der Waals surface area contributed by atoms with Gasteiger partial charge in [0.15, 0.2) is 6.61 Å². The molecule has 1 heterocycles. The Bertz CT molecular complexity index is 767. The molecular weight excluding hydrogens is 318 g/mol. The summed E-state index contributed by atoms with van der Waals surface area (Å²) < 4.78 is 5.63. The van der Waals surface area contributed by atoms with Crippen LogP contribution >= 0.6 is 11.3 Å². The summed E-state index contributed by atoms with van der Waals surface area (Å²) in [5, 5.41) is 2.02. The molecule has 0 saturated carbocycles. The fraction of sp³-hybridized carbons (Fsp3) is 0.150. The predicted octanol–water partition coefficient (Wildman–Crippen LogP) is 4.67. The van der Waals surface area contributed by atoms with E-state index in [0.717, 1.165) is 10.6 Å². The van der Waals surface area contributed by atoms with Crippen LogP contribution in [0.5, 0.6) is 5.75 Å². The van der Waals surface area contributed by atoms with E-state index in [2.05, 4.69) is 0 Å². The third-order valence-electron chi connectivity index (χ3n) is 3.65. The number of nitrogens with zero attached hydrogens (tertiary/aromatic N) is 1. The van der Waals surface area contributed by atoms with E-state index in [1.807, 2.05) is 79.0 Å². The van der Waals surface area contributed by atoms with Crippen molar-refractivity contribution < 1.29 is 9.53 Å². The standard InChI is InChI=1S/C20H19NO2S/c1-16-9-11-17(12-10-16)21(14-19-8-5-13-24-19)20(22)15-23-18-6-3-2-4-7-18/h2-13H,14-15H2,1H3. The van der Waals surface area contributed by atoms with Crippen molar-refractivity contribution in [3.8, 4) is 5.75 Å². The molecule has 3 aromatic rings. The van der Waals surface area contributed by atoms with Gasteiger partial charge in [0.2, 0.25) is 0 Å². The highest BCUT2D eigenvalue weighted by Gasteiger charge is 2.17. The molecule has 0 bridgehead atoms. The molecule has 0 aliphatic heterocycles. The van der Waals surface area contributed by atoms with Gasteiger partial charge in [-0.3, -0.25) is 4.79 Å². The number of hydrogen-bond acceptors (Lipinski definition) is 3. The molecular formula is C20H19NO2S. The number of aryl methyl sites for hydroxylation is 1. The first kappa shape index (κ1) is 16.3. The van der Waals surface area contributed by atoms with Gasteiger partial charge in [0.1, 0.15) is 5.75 Å². The molecule has 0 unspecified atom stereocenters. The Morgan fingerprint density at radius 3 is 2.42 bits per heavy atom. The summed E-state index contributed by atoms with van der Waals surface area (Å²) in [4.78, 5) is 15.6. The molecule has 0 radical (unpaired) electrons. The van der Waals surface area contributed by atoms with E-state index in [9.17, 15) is 4.79 Å². The van der Waals surface area contributed by atoms with Crippen molar-refractivity contribution in [3.63, 3.8) is 0 Å². The molecule has 3 nitrogen and oxygen atoms in total. The fourth-order valence-corrected chi connectivity index (χ4v) is 3.04. The van der Waals surface area contributed by atoms with Crippen LogP contribution in [0, 0.1) is 6.92 Å². The van der Waals surface area contributed by atoms with Crippen LogP contribution in [0.2, 0.25) is 0 Å². The molecule has 0 fully saturated rings. The zero-order valence-electron chi connectivity index (χ0n) is 13.5. The average Bonchev–Trinajstić information content (AvgIpc) is 3.13. The largest absolute Gasteiger partial charge is 0.484 e. The SMILES string of the molecule is Cc1ccc(N(Cc2cccs2)C(=O)COc2ccccc2)cc1. The number of carbonyl (C=O) groups excluding carboxylic acids is 1. The first-order chi connectivity index (χ1) is 11.7. The number of carbonyl (C=O) groups is 1. The first-order valence-electron chi connectivity index (χ1n) is 7.79. The highest BCUT2D eigenvalue weighted by atomic mass is 32.1. The lowest BCUT2D eigenvalue weighted by Gasteiger charge is -2.22. The molecule has 0 saturated heterocycles. The van der Waals surface area contributed by atoms with Gasteiger partial charge in [-0.05, 0) is 42.6 Å². The molecule has 3 rings (SSSR count). The van der Waals surface area contributed by atoms with E-state index in [1.165, 1.54) is 5.56 Å². The minimum Gasteiger partial charge on any atom is -0.484 e. The molecule has 24 heavy (non-hydrogen) atoms. The Kier molecular flexibility index (Phi) is 5.29. The van der Waals surface area contributed by atoms with Crippen molar-refractivity contribution in [2.45, 2.75) is 13.5 Å². The molecule has 0 atom stereocenters. The monoisotopic (exact) mass is 337 g/mol. The van der Waals surface area contributed by atoms with Crippen molar-refractivity contribution in [1.82, 2.24) is 0 Å².